The number of carbonyl (C=O) groups excluding carboxylic acids is 1. The number of nitrogens with zero attached hydrogens (tertiary/aromatic N) is 1. The number of anilines is 1. The van der Waals surface area contributed by atoms with Gasteiger partial charge in [0.15, 0.2) is 5.78 Å². The number of nitrogens with two attached hydrogens (primary N) is 1. The molecule has 0 saturated carbocycles. The van der Waals surface area contributed by atoms with Gasteiger partial charge in [-0.05, 0) is 43.7 Å². The maximum absolute atomic E-state index is 12.6. The van der Waals surface area contributed by atoms with Crippen molar-refractivity contribution in [1.82, 2.24) is 10.2 Å². The Morgan fingerprint density at radius 1 is 1.32 bits per heavy atom. The second-order valence-corrected chi connectivity index (χ2v) is 5.05. The summed E-state index contributed by atoms with van der Waals surface area (Å²) in [4.78, 5) is 14.9. The van der Waals surface area contributed by atoms with Crippen LogP contribution >= 0.6 is 0 Å². The Bertz CT molecular complexity index is 408. The van der Waals surface area contributed by atoms with Gasteiger partial charge in [-0.1, -0.05) is 6.92 Å². The number of Topliss-reactive ketones (excluding diaryl/α,β-unsaturated/α-hetero) is 1. The van der Waals surface area contributed by atoms with E-state index in [1.54, 1.807) is 12.1 Å². The average Bonchev–Trinajstić information content (AvgIpc) is 2.69. The molecule has 4 heteroatoms. The molecule has 0 aliphatic carbocycles. The molecule has 104 valence electrons. The first-order valence-corrected chi connectivity index (χ1v) is 7.07. The van der Waals surface area contributed by atoms with Crippen LogP contribution in [0.4, 0.5) is 5.69 Å². The minimum Gasteiger partial charge on any atom is -0.399 e. The van der Waals surface area contributed by atoms with E-state index in [1.807, 2.05) is 12.1 Å². The van der Waals surface area contributed by atoms with Gasteiger partial charge in [0, 0.05) is 30.9 Å². The molecular weight excluding hydrogens is 238 g/mol. The highest BCUT2D eigenvalue weighted by atomic mass is 16.1. The summed E-state index contributed by atoms with van der Waals surface area (Å²) in [5, 5.41) is 3.37. The molecule has 1 aliphatic heterocycles. The first-order chi connectivity index (χ1) is 9.22. The molecule has 1 fully saturated rings. The summed E-state index contributed by atoms with van der Waals surface area (Å²) in [5.74, 6) is 0.212. The lowest BCUT2D eigenvalue weighted by Crippen LogP contribution is -2.42. The zero-order chi connectivity index (χ0) is 13.7. The number of ketones is 1. The van der Waals surface area contributed by atoms with Crippen LogP contribution in [0, 0.1) is 0 Å². The predicted molar refractivity (Wildman–Crippen MR) is 78.3 cm³/mol. The number of rotatable bonds is 4. The van der Waals surface area contributed by atoms with E-state index in [9.17, 15) is 4.79 Å². The topological polar surface area (TPSA) is 58.4 Å². The van der Waals surface area contributed by atoms with Gasteiger partial charge < -0.3 is 11.1 Å². The molecule has 1 aliphatic rings. The van der Waals surface area contributed by atoms with Crippen molar-refractivity contribution in [3.63, 3.8) is 0 Å². The van der Waals surface area contributed by atoms with Crippen LogP contribution in [0.15, 0.2) is 24.3 Å². The maximum Gasteiger partial charge on any atom is 0.179 e. The van der Waals surface area contributed by atoms with Crippen molar-refractivity contribution in [2.75, 3.05) is 31.9 Å². The van der Waals surface area contributed by atoms with E-state index in [1.165, 1.54) is 0 Å². The standard InChI is InChI=1S/C15H23N3O/c1-2-14(18-10-3-8-17-9-11-18)15(19)12-4-6-13(16)7-5-12/h4-7,14,17H,2-3,8-11,16H2,1H3. The Labute approximate surface area is 115 Å². The molecule has 4 nitrogen and oxygen atoms in total. The van der Waals surface area contributed by atoms with Gasteiger partial charge in [0.05, 0.1) is 6.04 Å². The zero-order valence-corrected chi connectivity index (χ0v) is 11.6. The van der Waals surface area contributed by atoms with Crippen molar-refractivity contribution in [3.8, 4) is 0 Å². The monoisotopic (exact) mass is 261 g/mol. The number of nitrogens with one attached hydrogen (secondary N) is 1. The van der Waals surface area contributed by atoms with Gasteiger partial charge in [-0.3, -0.25) is 9.69 Å². The van der Waals surface area contributed by atoms with Gasteiger partial charge in [-0.25, -0.2) is 0 Å². The molecule has 1 atom stereocenters. The minimum atomic E-state index is -0.0106. The molecule has 19 heavy (non-hydrogen) atoms. The first kappa shape index (κ1) is 14.0. The van der Waals surface area contributed by atoms with E-state index in [0.29, 0.717) is 5.69 Å². The van der Waals surface area contributed by atoms with Crippen molar-refractivity contribution in [2.24, 2.45) is 0 Å². The summed E-state index contributed by atoms with van der Waals surface area (Å²) < 4.78 is 0. The second-order valence-electron chi connectivity index (χ2n) is 5.05. The quantitative estimate of drug-likeness (QED) is 0.637. The third-order valence-electron chi connectivity index (χ3n) is 3.70. The average molecular weight is 261 g/mol. The third kappa shape index (κ3) is 3.55. The first-order valence-electron chi connectivity index (χ1n) is 7.07. The summed E-state index contributed by atoms with van der Waals surface area (Å²) in [6.45, 7) is 6.03. The minimum absolute atomic E-state index is 0.0106. The largest absolute Gasteiger partial charge is 0.399 e. The van der Waals surface area contributed by atoms with Gasteiger partial charge >= 0.3 is 0 Å². The fourth-order valence-electron chi connectivity index (χ4n) is 2.63. The van der Waals surface area contributed by atoms with Gasteiger partial charge in [0.25, 0.3) is 0 Å². The Kier molecular flexibility index (Phi) is 4.93. The lowest BCUT2D eigenvalue weighted by molar-refractivity contribution is 0.0820. The van der Waals surface area contributed by atoms with Gasteiger partial charge in [-0.2, -0.15) is 0 Å². The number of hydrogen-bond donors (Lipinski definition) is 2. The molecule has 0 spiro atoms. The van der Waals surface area contributed by atoms with Crippen molar-refractivity contribution in [1.29, 1.82) is 0 Å². The Morgan fingerprint density at radius 3 is 2.74 bits per heavy atom. The molecule has 0 aromatic heterocycles. The lowest BCUT2D eigenvalue weighted by Gasteiger charge is -2.28. The molecule has 0 bridgehead atoms. The number of carbonyl (C=O) groups is 1. The van der Waals surface area contributed by atoms with Crippen LogP contribution in [0.3, 0.4) is 0 Å². The highest BCUT2D eigenvalue weighted by Gasteiger charge is 2.25. The number of hydrogen-bond acceptors (Lipinski definition) is 4. The van der Waals surface area contributed by atoms with Crippen LogP contribution in [0.5, 0.6) is 0 Å². The summed E-state index contributed by atoms with van der Waals surface area (Å²) in [5.41, 5.74) is 7.13. The SMILES string of the molecule is CCC(C(=O)c1ccc(N)cc1)N1CCCNCC1. The van der Waals surface area contributed by atoms with Gasteiger partial charge in [0.1, 0.15) is 0 Å². The number of benzene rings is 1. The van der Waals surface area contributed by atoms with E-state index in [-0.39, 0.29) is 11.8 Å². The van der Waals surface area contributed by atoms with Crippen molar-refractivity contribution in [2.45, 2.75) is 25.8 Å². The van der Waals surface area contributed by atoms with Crippen molar-refractivity contribution in [3.05, 3.63) is 29.8 Å². The van der Waals surface area contributed by atoms with E-state index >= 15 is 0 Å². The normalized spacial score (nSPS) is 18.8. The lowest BCUT2D eigenvalue weighted by atomic mass is 10.00. The summed E-state index contributed by atoms with van der Waals surface area (Å²) in [7, 11) is 0. The fraction of sp³-hybridized carbons (Fsp3) is 0.533. The summed E-state index contributed by atoms with van der Waals surface area (Å²) in [6.07, 6.45) is 1.95. The van der Waals surface area contributed by atoms with E-state index in [0.717, 1.165) is 44.6 Å². The van der Waals surface area contributed by atoms with E-state index < -0.39 is 0 Å². The van der Waals surface area contributed by atoms with Gasteiger partial charge in [0.2, 0.25) is 0 Å². The molecule has 2 rings (SSSR count). The van der Waals surface area contributed by atoms with Crippen molar-refractivity contribution < 1.29 is 4.79 Å². The molecular formula is C15H23N3O. The van der Waals surface area contributed by atoms with E-state index in [4.69, 9.17) is 5.73 Å². The van der Waals surface area contributed by atoms with Crippen LogP contribution in [0.25, 0.3) is 0 Å². The molecule has 1 saturated heterocycles. The summed E-state index contributed by atoms with van der Waals surface area (Å²) >= 11 is 0. The predicted octanol–water partition coefficient (Wildman–Crippen LogP) is 1.53. The van der Waals surface area contributed by atoms with Crippen LogP contribution in [-0.2, 0) is 0 Å². The molecule has 1 heterocycles. The molecule has 0 amide bonds. The Morgan fingerprint density at radius 2 is 2.05 bits per heavy atom. The number of nitrogen functional groups attached to an aromatic ring is 1. The fourth-order valence-corrected chi connectivity index (χ4v) is 2.63. The van der Waals surface area contributed by atoms with Crippen molar-refractivity contribution >= 4 is 11.5 Å². The second kappa shape index (κ2) is 6.68. The highest BCUT2D eigenvalue weighted by Crippen LogP contribution is 2.15. The molecule has 0 radical (unpaired) electrons. The van der Waals surface area contributed by atoms with Crippen LogP contribution in [-0.4, -0.2) is 42.9 Å². The highest BCUT2D eigenvalue weighted by molar-refractivity contribution is 6.00. The van der Waals surface area contributed by atoms with Crippen LogP contribution in [0.2, 0.25) is 0 Å². The van der Waals surface area contributed by atoms with Crippen LogP contribution < -0.4 is 11.1 Å². The Balaban J connectivity index is 2.11. The maximum atomic E-state index is 12.6. The van der Waals surface area contributed by atoms with Gasteiger partial charge in [-0.15, -0.1) is 0 Å². The van der Waals surface area contributed by atoms with E-state index in [2.05, 4.69) is 17.1 Å². The molecule has 1 aromatic rings. The zero-order valence-electron chi connectivity index (χ0n) is 11.6. The molecule has 3 N–H and O–H groups in total. The Hall–Kier alpha value is -1.39. The third-order valence-corrected chi connectivity index (χ3v) is 3.70. The molecule has 1 aromatic carbocycles. The smallest absolute Gasteiger partial charge is 0.179 e. The van der Waals surface area contributed by atoms with Crippen LogP contribution in [0.1, 0.15) is 30.1 Å². The summed E-state index contributed by atoms with van der Waals surface area (Å²) in [6, 6.07) is 7.24. The molecule has 1 unspecified atom stereocenters.